The first-order chi connectivity index (χ1) is 10.4. The zero-order valence-electron chi connectivity index (χ0n) is 12.0. The molecule has 0 N–H and O–H groups in total. The highest BCUT2D eigenvalue weighted by molar-refractivity contribution is 6.36. The number of halogens is 1. The molecular formula is C14H13FN2O5. The van der Waals surface area contributed by atoms with Crippen molar-refractivity contribution in [3.8, 4) is 6.07 Å². The Morgan fingerprint density at radius 2 is 2.00 bits per heavy atom. The molecule has 1 aromatic rings. The molecule has 0 atom stereocenters. The Bertz CT molecular complexity index is 639. The third-order valence-corrected chi connectivity index (χ3v) is 2.70. The SMILES string of the molecule is COC(=O)C(=O)CC(=O)N(Cc1ccc(F)c(C#N)c1)OC. The summed E-state index contributed by atoms with van der Waals surface area (Å²) in [6, 6.07) is 5.40. The molecule has 0 saturated heterocycles. The van der Waals surface area contributed by atoms with Gasteiger partial charge in [0.15, 0.2) is 0 Å². The molecule has 0 saturated carbocycles. The Balaban J connectivity index is 2.81. The molecule has 0 aliphatic carbocycles. The first-order valence-corrected chi connectivity index (χ1v) is 6.07. The number of nitrogens with zero attached hydrogens (tertiary/aromatic N) is 2. The molecule has 0 radical (unpaired) electrons. The average molecular weight is 308 g/mol. The standard InChI is InChI=1S/C14H13FN2O5/c1-21-14(20)12(18)6-13(19)17(22-2)8-9-3-4-11(15)10(5-9)7-16/h3-5H,6,8H2,1-2H3. The number of methoxy groups -OCH3 is 1. The maximum absolute atomic E-state index is 13.2. The summed E-state index contributed by atoms with van der Waals surface area (Å²) in [6.45, 7) is -0.112. The van der Waals surface area contributed by atoms with E-state index in [1.54, 1.807) is 6.07 Å². The normalized spacial score (nSPS) is 9.73. The molecule has 1 amide bonds. The van der Waals surface area contributed by atoms with Crippen LogP contribution in [-0.4, -0.2) is 36.9 Å². The van der Waals surface area contributed by atoms with E-state index in [2.05, 4.69) is 4.74 Å². The van der Waals surface area contributed by atoms with Crippen LogP contribution in [0.5, 0.6) is 0 Å². The predicted octanol–water partition coefficient (Wildman–Crippen LogP) is 0.720. The predicted molar refractivity (Wildman–Crippen MR) is 70.3 cm³/mol. The smallest absolute Gasteiger partial charge is 0.374 e. The van der Waals surface area contributed by atoms with Gasteiger partial charge in [-0.25, -0.2) is 14.2 Å². The lowest BCUT2D eigenvalue weighted by Crippen LogP contribution is -2.33. The number of carbonyl (C=O) groups excluding carboxylic acids is 3. The zero-order valence-corrected chi connectivity index (χ0v) is 12.0. The van der Waals surface area contributed by atoms with E-state index in [4.69, 9.17) is 10.1 Å². The number of hydrogen-bond acceptors (Lipinski definition) is 6. The van der Waals surface area contributed by atoms with Gasteiger partial charge in [0.05, 0.1) is 32.7 Å². The van der Waals surface area contributed by atoms with Gasteiger partial charge >= 0.3 is 5.97 Å². The highest BCUT2D eigenvalue weighted by atomic mass is 19.1. The second-order valence-electron chi connectivity index (χ2n) is 4.13. The minimum absolute atomic E-state index is 0.112. The fourth-order valence-electron chi connectivity index (χ4n) is 1.59. The van der Waals surface area contributed by atoms with Crippen molar-refractivity contribution in [1.82, 2.24) is 5.06 Å². The van der Waals surface area contributed by atoms with Gasteiger partial charge in [0.2, 0.25) is 5.78 Å². The number of hydroxylamine groups is 2. The Morgan fingerprint density at radius 1 is 1.32 bits per heavy atom. The van der Waals surface area contributed by atoms with Gasteiger partial charge in [-0.1, -0.05) is 6.07 Å². The molecule has 0 aliphatic rings. The molecule has 0 aliphatic heterocycles. The number of benzene rings is 1. The molecule has 0 bridgehead atoms. The van der Waals surface area contributed by atoms with Crippen molar-refractivity contribution in [2.45, 2.75) is 13.0 Å². The summed E-state index contributed by atoms with van der Waals surface area (Å²) in [5.41, 5.74) is 0.255. The van der Waals surface area contributed by atoms with Crippen molar-refractivity contribution in [2.24, 2.45) is 0 Å². The summed E-state index contributed by atoms with van der Waals surface area (Å²) in [5.74, 6) is -3.58. The third-order valence-electron chi connectivity index (χ3n) is 2.70. The summed E-state index contributed by atoms with van der Waals surface area (Å²) >= 11 is 0. The van der Waals surface area contributed by atoms with E-state index in [-0.39, 0.29) is 12.1 Å². The van der Waals surface area contributed by atoms with E-state index in [1.807, 2.05) is 0 Å². The highest BCUT2D eigenvalue weighted by Gasteiger charge is 2.23. The molecule has 0 unspecified atom stereocenters. The summed E-state index contributed by atoms with van der Waals surface area (Å²) in [6.07, 6.45) is -0.715. The average Bonchev–Trinajstić information content (AvgIpc) is 2.52. The number of Topliss-reactive ketones (excluding diaryl/α,β-unsaturated/α-hetero) is 1. The largest absolute Gasteiger partial charge is 0.463 e. The van der Waals surface area contributed by atoms with Crippen LogP contribution in [-0.2, 0) is 30.5 Å². The number of rotatable bonds is 6. The molecular weight excluding hydrogens is 295 g/mol. The number of ether oxygens (including phenoxy) is 1. The van der Waals surface area contributed by atoms with Gasteiger partial charge in [-0.15, -0.1) is 0 Å². The van der Waals surface area contributed by atoms with Crippen molar-refractivity contribution >= 4 is 17.7 Å². The van der Waals surface area contributed by atoms with Crippen LogP contribution in [0.15, 0.2) is 18.2 Å². The molecule has 0 fully saturated rings. The van der Waals surface area contributed by atoms with E-state index in [0.717, 1.165) is 18.2 Å². The van der Waals surface area contributed by atoms with Gasteiger partial charge in [0.1, 0.15) is 11.9 Å². The van der Waals surface area contributed by atoms with Crippen LogP contribution < -0.4 is 0 Å². The maximum Gasteiger partial charge on any atom is 0.374 e. The van der Waals surface area contributed by atoms with Crippen LogP contribution >= 0.6 is 0 Å². The van der Waals surface area contributed by atoms with Crippen molar-refractivity contribution in [2.75, 3.05) is 14.2 Å². The Hall–Kier alpha value is -2.79. The fourth-order valence-corrected chi connectivity index (χ4v) is 1.59. The minimum atomic E-state index is -1.13. The summed E-state index contributed by atoms with van der Waals surface area (Å²) < 4.78 is 17.4. The highest BCUT2D eigenvalue weighted by Crippen LogP contribution is 2.12. The van der Waals surface area contributed by atoms with Gasteiger partial charge in [0.25, 0.3) is 5.91 Å². The van der Waals surface area contributed by atoms with Gasteiger partial charge in [-0.05, 0) is 17.7 Å². The summed E-state index contributed by atoms with van der Waals surface area (Å²) in [5, 5.41) is 9.58. The number of ketones is 1. The van der Waals surface area contributed by atoms with Crippen molar-refractivity contribution < 1.29 is 28.3 Å². The summed E-state index contributed by atoms with van der Waals surface area (Å²) in [7, 11) is 2.23. The molecule has 116 valence electrons. The van der Waals surface area contributed by atoms with Gasteiger partial charge in [-0.2, -0.15) is 5.26 Å². The van der Waals surface area contributed by atoms with Crippen LogP contribution in [0.25, 0.3) is 0 Å². The Morgan fingerprint density at radius 3 is 2.55 bits per heavy atom. The topological polar surface area (TPSA) is 96.7 Å². The van der Waals surface area contributed by atoms with Gasteiger partial charge < -0.3 is 4.74 Å². The third kappa shape index (κ3) is 4.36. The van der Waals surface area contributed by atoms with Crippen molar-refractivity contribution in [1.29, 1.82) is 5.26 Å². The van der Waals surface area contributed by atoms with Crippen LogP contribution in [0, 0.1) is 17.1 Å². The first-order valence-electron chi connectivity index (χ1n) is 6.07. The van der Waals surface area contributed by atoms with E-state index in [1.165, 1.54) is 19.2 Å². The lowest BCUT2D eigenvalue weighted by Gasteiger charge is -2.19. The van der Waals surface area contributed by atoms with Gasteiger partial charge in [-0.3, -0.25) is 14.4 Å². The first kappa shape index (κ1) is 17.3. The van der Waals surface area contributed by atoms with Crippen LogP contribution in [0.4, 0.5) is 4.39 Å². The Labute approximate surface area is 125 Å². The second-order valence-corrected chi connectivity index (χ2v) is 4.13. The van der Waals surface area contributed by atoms with Crippen LogP contribution in [0.1, 0.15) is 17.5 Å². The number of hydrogen-bond donors (Lipinski definition) is 0. The molecule has 7 nitrogen and oxygen atoms in total. The quantitative estimate of drug-likeness (QED) is 0.332. The molecule has 0 heterocycles. The zero-order chi connectivity index (χ0) is 16.7. The van der Waals surface area contributed by atoms with Crippen LogP contribution in [0.3, 0.4) is 0 Å². The number of esters is 1. The number of amides is 1. The molecule has 22 heavy (non-hydrogen) atoms. The molecule has 0 spiro atoms. The lowest BCUT2D eigenvalue weighted by molar-refractivity contribution is -0.180. The van der Waals surface area contributed by atoms with E-state index >= 15 is 0 Å². The molecule has 8 heteroatoms. The number of carbonyl (C=O) groups is 3. The molecule has 1 rings (SSSR count). The second kappa shape index (κ2) is 7.85. The summed E-state index contributed by atoms with van der Waals surface area (Å²) in [4.78, 5) is 39.0. The fraction of sp³-hybridized carbons (Fsp3) is 0.286. The maximum atomic E-state index is 13.2. The molecule has 0 aromatic heterocycles. The minimum Gasteiger partial charge on any atom is -0.463 e. The van der Waals surface area contributed by atoms with Crippen molar-refractivity contribution in [3.05, 3.63) is 35.1 Å². The molecule has 1 aromatic carbocycles. The van der Waals surface area contributed by atoms with E-state index in [0.29, 0.717) is 5.56 Å². The van der Waals surface area contributed by atoms with Gasteiger partial charge in [0, 0.05) is 0 Å². The van der Waals surface area contributed by atoms with E-state index in [9.17, 15) is 18.8 Å². The number of nitriles is 1. The van der Waals surface area contributed by atoms with E-state index < -0.39 is 29.9 Å². The van der Waals surface area contributed by atoms with Crippen LogP contribution in [0.2, 0.25) is 0 Å². The van der Waals surface area contributed by atoms with Crippen molar-refractivity contribution in [3.63, 3.8) is 0 Å². The Kier molecular flexibility index (Phi) is 6.16. The lowest BCUT2D eigenvalue weighted by atomic mass is 10.1. The monoisotopic (exact) mass is 308 g/mol.